The second kappa shape index (κ2) is 13.7. The average Bonchev–Trinajstić information content (AvgIpc) is 3.07. The van der Waals surface area contributed by atoms with E-state index in [0.717, 1.165) is 0 Å². The summed E-state index contributed by atoms with van der Waals surface area (Å²) < 4.78 is 25.2. The molecule has 250 valence electrons. The third-order valence-electron chi connectivity index (χ3n) is 8.87. The number of benzene rings is 4. The Morgan fingerprint density at radius 2 is 1.56 bits per heavy atom. The summed E-state index contributed by atoms with van der Waals surface area (Å²) in [6.45, 7) is 0. The number of para-hydroxylation sites is 1. The second-order valence-electron chi connectivity index (χ2n) is 11.9. The number of hydrogen-bond acceptors (Lipinski definition) is 9. The van der Waals surface area contributed by atoms with Crippen molar-refractivity contribution in [1.82, 2.24) is 0 Å². The van der Waals surface area contributed by atoms with Crippen molar-refractivity contribution >= 4 is 17.6 Å². The molecule has 2 unspecified atom stereocenters. The molecule has 0 aromatic heterocycles. The maximum Gasteiger partial charge on any atom is 0.335 e. The minimum Gasteiger partial charge on any atom is -0.508 e. The lowest BCUT2D eigenvalue weighted by Gasteiger charge is -2.48. The number of carboxylic acids is 1. The zero-order valence-corrected chi connectivity index (χ0v) is 25.4. The third kappa shape index (κ3) is 6.48. The molecule has 2 fully saturated rings. The highest BCUT2D eigenvalue weighted by molar-refractivity contribution is 6.03. The number of aliphatic hydroxyl groups excluding tert-OH is 3. The highest BCUT2D eigenvalue weighted by atomic mass is 19.1. The Morgan fingerprint density at radius 3 is 2.23 bits per heavy atom. The van der Waals surface area contributed by atoms with Crippen molar-refractivity contribution in [3.8, 4) is 22.6 Å². The first-order valence-corrected chi connectivity index (χ1v) is 15.4. The van der Waals surface area contributed by atoms with Crippen LogP contribution in [0.15, 0.2) is 97.1 Å². The van der Waals surface area contributed by atoms with Gasteiger partial charge in [0.1, 0.15) is 35.6 Å². The third-order valence-corrected chi connectivity index (χ3v) is 8.87. The molecule has 4 aromatic carbocycles. The van der Waals surface area contributed by atoms with Gasteiger partial charge in [0.25, 0.3) is 0 Å². The number of nitrogens with zero attached hydrogens (tertiary/aromatic N) is 1. The molecular formula is C36H34FNO10. The van der Waals surface area contributed by atoms with Crippen LogP contribution in [0, 0.1) is 11.7 Å². The molecule has 8 atom stereocenters. The van der Waals surface area contributed by atoms with Gasteiger partial charge >= 0.3 is 5.97 Å². The molecule has 0 aliphatic carbocycles. The fourth-order valence-corrected chi connectivity index (χ4v) is 6.37. The quantitative estimate of drug-likeness (QED) is 0.136. The summed E-state index contributed by atoms with van der Waals surface area (Å²) >= 11 is 0. The molecule has 11 nitrogen and oxygen atoms in total. The second-order valence-corrected chi connectivity index (χ2v) is 11.9. The maximum absolute atomic E-state index is 13.9. The molecule has 12 heteroatoms. The van der Waals surface area contributed by atoms with Gasteiger partial charge in [-0.1, -0.05) is 54.6 Å². The number of carboxylic acid groups (broad SMARTS) is 1. The lowest BCUT2D eigenvalue weighted by Crippen LogP contribution is -2.60. The van der Waals surface area contributed by atoms with E-state index in [1.807, 2.05) is 6.07 Å². The van der Waals surface area contributed by atoms with E-state index in [-0.39, 0.29) is 30.2 Å². The standard InChI is InChI=1S/C36H34FNO10/c37-22-12-9-19(10-13-22)28(47-36-32(43)30(41)31(42)33(48-36)35(45)46)16-15-26-29(38(34(26)44)23-6-2-1-3-7-23)25-14-11-21(18-27(25)40)20-5-4-8-24(39)17-20/h1-14,17-18,26,28-33,36,39-43H,15-16H2,(H,45,46)/t26-,28+,29-,30+,31+,32?,33?,36-/m1/s1. The zero-order chi connectivity index (χ0) is 34.1. The van der Waals surface area contributed by atoms with Gasteiger partial charge in [-0.05, 0) is 72.0 Å². The molecule has 0 bridgehead atoms. The van der Waals surface area contributed by atoms with Gasteiger partial charge in [0.15, 0.2) is 12.4 Å². The van der Waals surface area contributed by atoms with Gasteiger partial charge in [0, 0.05) is 11.3 Å². The van der Waals surface area contributed by atoms with Gasteiger partial charge in [-0.2, -0.15) is 0 Å². The Kier molecular flexibility index (Phi) is 9.45. The van der Waals surface area contributed by atoms with E-state index < -0.39 is 60.6 Å². The van der Waals surface area contributed by atoms with Gasteiger partial charge in [-0.3, -0.25) is 4.79 Å². The molecule has 0 saturated carbocycles. The number of anilines is 1. The molecule has 2 heterocycles. The fourth-order valence-electron chi connectivity index (χ4n) is 6.37. The number of phenols is 2. The van der Waals surface area contributed by atoms with Crippen LogP contribution >= 0.6 is 0 Å². The SMILES string of the molecule is O=C(O)C1O[C@@H](O[C@@H](CC[C@H]2C(=O)N(c3ccccc3)[C@@H]2c2ccc(-c3cccc(O)c3)cc2O)c2ccc(F)cc2)C(O)[C@@H](O)[C@@H]1O. The van der Waals surface area contributed by atoms with Crippen molar-refractivity contribution in [2.24, 2.45) is 5.92 Å². The zero-order valence-electron chi connectivity index (χ0n) is 25.4. The number of aromatic hydroxyl groups is 2. The van der Waals surface area contributed by atoms with E-state index in [1.165, 1.54) is 24.3 Å². The summed E-state index contributed by atoms with van der Waals surface area (Å²) in [6.07, 6.45) is -9.86. The van der Waals surface area contributed by atoms with Crippen LogP contribution in [-0.4, -0.2) is 73.2 Å². The van der Waals surface area contributed by atoms with Crippen LogP contribution in [-0.2, 0) is 19.1 Å². The van der Waals surface area contributed by atoms with E-state index in [0.29, 0.717) is 27.9 Å². The summed E-state index contributed by atoms with van der Waals surface area (Å²) in [5.41, 5.74) is 2.88. The minimum atomic E-state index is -1.91. The minimum absolute atomic E-state index is 0.0587. The van der Waals surface area contributed by atoms with Crippen molar-refractivity contribution in [2.45, 2.75) is 55.7 Å². The molecule has 48 heavy (non-hydrogen) atoms. The highest BCUT2D eigenvalue weighted by Gasteiger charge is 2.51. The predicted octanol–water partition coefficient (Wildman–Crippen LogP) is 4.04. The van der Waals surface area contributed by atoms with Crippen LogP contribution in [0.3, 0.4) is 0 Å². The van der Waals surface area contributed by atoms with E-state index in [9.17, 15) is 44.6 Å². The van der Waals surface area contributed by atoms with Gasteiger partial charge < -0.3 is 45.0 Å². The summed E-state index contributed by atoms with van der Waals surface area (Å²) in [7, 11) is 0. The van der Waals surface area contributed by atoms with E-state index >= 15 is 0 Å². The van der Waals surface area contributed by atoms with Crippen molar-refractivity contribution in [3.05, 3.63) is 114 Å². The molecule has 0 radical (unpaired) electrons. The molecule has 6 N–H and O–H groups in total. The predicted molar refractivity (Wildman–Crippen MR) is 169 cm³/mol. The summed E-state index contributed by atoms with van der Waals surface area (Å²) in [6, 6.07) is 25.3. The van der Waals surface area contributed by atoms with E-state index in [4.69, 9.17) is 9.47 Å². The molecule has 4 aromatic rings. The Bertz CT molecular complexity index is 1770. The normalized spacial score (nSPS) is 26.1. The molecule has 0 spiro atoms. The molecule has 2 aliphatic rings. The number of aliphatic carboxylic acids is 1. The van der Waals surface area contributed by atoms with Crippen molar-refractivity contribution < 1.29 is 54.1 Å². The van der Waals surface area contributed by atoms with Gasteiger partial charge in [0.05, 0.1) is 18.1 Å². The number of hydrogen-bond donors (Lipinski definition) is 6. The van der Waals surface area contributed by atoms with Crippen LogP contribution in [0.1, 0.15) is 36.1 Å². The first-order chi connectivity index (χ1) is 23.0. The van der Waals surface area contributed by atoms with Crippen LogP contribution in [0.2, 0.25) is 0 Å². The number of halogens is 1. The lowest BCUT2D eigenvalue weighted by molar-refractivity contribution is -0.306. The number of carbonyl (C=O) groups excluding carboxylic acids is 1. The monoisotopic (exact) mass is 659 g/mol. The molecule has 6 rings (SSSR count). The number of phenolic OH excluding ortho intramolecular Hbond substituents is 2. The Hall–Kier alpha value is -4.85. The summed E-state index contributed by atoms with van der Waals surface area (Å²) in [4.78, 5) is 27.0. The average molecular weight is 660 g/mol. The molecule has 2 saturated heterocycles. The fraction of sp³-hybridized carbons (Fsp3) is 0.278. The van der Waals surface area contributed by atoms with Gasteiger partial charge in [-0.25, -0.2) is 9.18 Å². The number of rotatable bonds is 10. The molecule has 1 amide bonds. The van der Waals surface area contributed by atoms with Gasteiger partial charge in [-0.15, -0.1) is 0 Å². The van der Waals surface area contributed by atoms with Crippen LogP contribution < -0.4 is 4.90 Å². The smallest absolute Gasteiger partial charge is 0.335 e. The number of β-lactam (4-membered cyclic amide) rings is 1. The Labute approximate surface area is 274 Å². The highest BCUT2D eigenvalue weighted by Crippen LogP contribution is 2.49. The summed E-state index contributed by atoms with van der Waals surface area (Å²) in [5.74, 6) is -2.96. The molecule has 2 aliphatic heterocycles. The van der Waals surface area contributed by atoms with Crippen molar-refractivity contribution in [2.75, 3.05) is 4.90 Å². The van der Waals surface area contributed by atoms with Gasteiger partial charge in [0.2, 0.25) is 5.91 Å². The Morgan fingerprint density at radius 1 is 0.854 bits per heavy atom. The largest absolute Gasteiger partial charge is 0.508 e. The Balaban J connectivity index is 1.29. The number of ether oxygens (including phenoxy) is 2. The maximum atomic E-state index is 13.9. The van der Waals surface area contributed by atoms with Crippen molar-refractivity contribution in [3.63, 3.8) is 0 Å². The first kappa shape index (κ1) is 33.1. The van der Waals surface area contributed by atoms with Crippen LogP contribution in [0.25, 0.3) is 11.1 Å². The lowest BCUT2D eigenvalue weighted by atomic mass is 9.77. The van der Waals surface area contributed by atoms with E-state index in [2.05, 4.69) is 0 Å². The number of aliphatic hydroxyl groups is 3. The van der Waals surface area contributed by atoms with Crippen molar-refractivity contribution in [1.29, 1.82) is 0 Å². The topological polar surface area (TPSA) is 177 Å². The summed E-state index contributed by atoms with van der Waals surface area (Å²) in [5, 5.41) is 61.7. The van der Waals surface area contributed by atoms with E-state index in [1.54, 1.807) is 71.6 Å². The van der Waals surface area contributed by atoms with Crippen LogP contribution in [0.5, 0.6) is 11.5 Å². The number of carbonyl (C=O) groups is 2. The number of amides is 1. The molecular weight excluding hydrogens is 625 g/mol. The van der Waals surface area contributed by atoms with Crippen LogP contribution in [0.4, 0.5) is 10.1 Å². The first-order valence-electron chi connectivity index (χ1n) is 15.4.